The molecule has 1 aromatic carbocycles. The molecule has 2 N–H and O–H groups in total. The van der Waals surface area contributed by atoms with Crippen LogP contribution in [-0.2, 0) is 26.1 Å². The highest BCUT2D eigenvalue weighted by atomic mass is 32.2. The largest absolute Gasteiger partial charge is 0.460 e. The summed E-state index contributed by atoms with van der Waals surface area (Å²) in [5.74, 6) is -0.502. The summed E-state index contributed by atoms with van der Waals surface area (Å²) in [5, 5.41) is 3.37. The van der Waals surface area contributed by atoms with Crippen molar-refractivity contribution in [1.29, 1.82) is 0 Å². The Labute approximate surface area is 189 Å². The fourth-order valence-corrected chi connectivity index (χ4v) is 4.81. The van der Waals surface area contributed by atoms with Crippen molar-refractivity contribution in [3.63, 3.8) is 0 Å². The summed E-state index contributed by atoms with van der Waals surface area (Å²) in [6.45, 7) is 10.0. The molecule has 1 aliphatic heterocycles. The molecule has 2 aromatic rings. The van der Waals surface area contributed by atoms with Crippen LogP contribution in [0.15, 0.2) is 60.3 Å². The Kier molecular flexibility index (Phi) is 7.52. The van der Waals surface area contributed by atoms with Crippen LogP contribution >= 0.6 is 0 Å². The monoisotopic (exact) mass is 458 g/mol. The topological polar surface area (TPSA) is 101 Å². The Hall–Kier alpha value is -2.91. The molecule has 8 nitrogen and oxygen atoms in total. The minimum atomic E-state index is -3.89. The van der Waals surface area contributed by atoms with E-state index in [-0.39, 0.29) is 23.6 Å². The van der Waals surface area contributed by atoms with Crippen molar-refractivity contribution in [2.75, 3.05) is 16.8 Å². The summed E-state index contributed by atoms with van der Waals surface area (Å²) in [4.78, 5) is 18.7. The van der Waals surface area contributed by atoms with Crippen molar-refractivity contribution in [3.8, 4) is 0 Å². The van der Waals surface area contributed by atoms with Gasteiger partial charge in [0.15, 0.2) is 0 Å². The van der Waals surface area contributed by atoms with Crippen LogP contribution in [0.1, 0.15) is 32.8 Å². The minimum Gasteiger partial charge on any atom is -0.460 e. The fourth-order valence-electron chi connectivity index (χ4n) is 3.61. The summed E-state index contributed by atoms with van der Waals surface area (Å²) in [7, 11) is -3.89. The molecule has 0 saturated heterocycles. The van der Waals surface area contributed by atoms with E-state index in [1.807, 2.05) is 19.9 Å². The third-order valence-electron chi connectivity index (χ3n) is 5.16. The van der Waals surface area contributed by atoms with Crippen molar-refractivity contribution < 1.29 is 17.9 Å². The van der Waals surface area contributed by atoms with E-state index in [0.717, 1.165) is 16.9 Å². The van der Waals surface area contributed by atoms with E-state index in [0.29, 0.717) is 13.0 Å². The van der Waals surface area contributed by atoms with E-state index in [1.54, 1.807) is 36.7 Å². The number of carbonyl (C=O) groups excluding carboxylic acids is 1. The van der Waals surface area contributed by atoms with Gasteiger partial charge < -0.3 is 15.0 Å². The zero-order valence-corrected chi connectivity index (χ0v) is 19.4. The number of esters is 1. The molecule has 3 rings (SSSR count). The molecule has 2 atom stereocenters. The Morgan fingerprint density at radius 2 is 2.03 bits per heavy atom. The Morgan fingerprint density at radius 1 is 1.31 bits per heavy atom. The van der Waals surface area contributed by atoms with E-state index in [1.165, 1.54) is 6.08 Å². The number of rotatable bonds is 10. The lowest BCUT2D eigenvalue weighted by Gasteiger charge is -2.24. The smallest absolute Gasteiger partial charge is 0.324 e. The first-order valence-corrected chi connectivity index (χ1v) is 12.1. The fraction of sp³-hybridized carbons (Fsp3) is 0.391. The summed E-state index contributed by atoms with van der Waals surface area (Å²) in [6, 6.07) is 7.68. The van der Waals surface area contributed by atoms with Gasteiger partial charge in [0.1, 0.15) is 12.6 Å². The number of nitrogens with one attached hydrogen (secondary N) is 2. The maximum Gasteiger partial charge on any atom is 0.324 e. The van der Waals surface area contributed by atoms with Crippen LogP contribution in [0.3, 0.4) is 0 Å². The molecule has 172 valence electrons. The van der Waals surface area contributed by atoms with E-state index < -0.39 is 22.0 Å². The quantitative estimate of drug-likeness (QED) is 0.416. The molecule has 0 spiro atoms. The second kappa shape index (κ2) is 10.1. The number of ether oxygens (including phenoxy) is 1. The number of fused-ring (bicyclic) bond motifs is 1. The molecule has 0 saturated carbocycles. The SMILES string of the molecule is C=CCOC(=O)[C@H](CC(C)C)NS(=O)(=O)c1ccc(CN2c3ccncc3NC2C)cc1. The van der Waals surface area contributed by atoms with Crippen molar-refractivity contribution in [3.05, 3.63) is 60.9 Å². The average molecular weight is 459 g/mol. The van der Waals surface area contributed by atoms with E-state index in [4.69, 9.17) is 4.74 Å². The first-order valence-electron chi connectivity index (χ1n) is 10.6. The molecular formula is C23H30N4O4S. The molecule has 9 heteroatoms. The second-order valence-electron chi connectivity index (χ2n) is 8.21. The molecule has 0 amide bonds. The number of benzene rings is 1. The first-order chi connectivity index (χ1) is 15.2. The van der Waals surface area contributed by atoms with E-state index >= 15 is 0 Å². The highest BCUT2D eigenvalue weighted by molar-refractivity contribution is 7.89. The van der Waals surface area contributed by atoms with Gasteiger partial charge in [-0.15, -0.1) is 0 Å². The third kappa shape index (κ3) is 5.66. The molecule has 1 aromatic heterocycles. The molecule has 0 aliphatic carbocycles. The maximum absolute atomic E-state index is 12.9. The molecule has 0 fully saturated rings. The van der Waals surface area contributed by atoms with Gasteiger partial charge in [-0.05, 0) is 43.0 Å². The number of aromatic nitrogens is 1. The van der Waals surface area contributed by atoms with Crippen LogP contribution in [0.2, 0.25) is 0 Å². The standard InChI is InChI=1S/C23H30N4O4S/c1-5-12-31-23(28)20(13-16(2)3)26-32(29,30)19-8-6-18(7-9-19)15-27-17(4)25-21-14-24-11-10-22(21)27/h5-11,14,16-17,20,25-26H,1,12-13,15H2,2-4H3/t17?,20-/m0/s1. The molecule has 2 heterocycles. The molecule has 0 radical (unpaired) electrons. The van der Waals surface area contributed by atoms with Crippen LogP contribution in [0.5, 0.6) is 0 Å². The zero-order chi connectivity index (χ0) is 23.3. The number of nitrogens with zero attached hydrogens (tertiary/aromatic N) is 2. The maximum atomic E-state index is 12.9. The van der Waals surface area contributed by atoms with Gasteiger partial charge in [-0.2, -0.15) is 4.72 Å². The van der Waals surface area contributed by atoms with Gasteiger partial charge in [0.05, 0.1) is 28.6 Å². The van der Waals surface area contributed by atoms with Gasteiger partial charge in [-0.3, -0.25) is 9.78 Å². The van der Waals surface area contributed by atoms with Crippen molar-refractivity contribution in [2.45, 2.75) is 50.8 Å². The second-order valence-corrected chi connectivity index (χ2v) is 9.92. The molecule has 0 bridgehead atoms. The number of hydrogen-bond acceptors (Lipinski definition) is 7. The van der Waals surface area contributed by atoms with Crippen molar-refractivity contribution >= 4 is 27.4 Å². The summed E-state index contributed by atoms with van der Waals surface area (Å²) in [6.07, 6.45) is 5.42. The van der Waals surface area contributed by atoms with Crippen LogP contribution in [0.25, 0.3) is 0 Å². The lowest BCUT2D eigenvalue weighted by Crippen LogP contribution is -2.42. The Bertz CT molecular complexity index is 1050. The van der Waals surface area contributed by atoms with Gasteiger partial charge in [0, 0.05) is 12.7 Å². The number of anilines is 2. The predicted octanol–water partition coefficient (Wildman–Crippen LogP) is 3.28. The van der Waals surface area contributed by atoms with Crippen molar-refractivity contribution in [2.24, 2.45) is 5.92 Å². The van der Waals surface area contributed by atoms with Gasteiger partial charge in [0.25, 0.3) is 0 Å². The third-order valence-corrected chi connectivity index (χ3v) is 6.65. The first kappa shape index (κ1) is 23.7. The number of sulfonamides is 1. The Morgan fingerprint density at radius 3 is 2.69 bits per heavy atom. The van der Waals surface area contributed by atoms with Crippen LogP contribution in [0, 0.1) is 5.92 Å². The highest BCUT2D eigenvalue weighted by Gasteiger charge is 2.28. The summed E-state index contributed by atoms with van der Waals surface area (Å²) < 4.78 is 33.4. The summed E-state index contributed by atoms with van der Waals surface area (Å²) >= 11 is 0. The summed E-state index contributed by atoms with van der Waals surface area (Å²) in [5.41, 5.74) is 3.00. The van der Waals surface area contributed by atoms with Crippen molar-refractivity contribution in [1.82, 2.24) is 9.71 Å². The van der Waals surface area contributed by atoms with Crippen LogP contribution in [-0.4, -0.2) is 38.2 Å². The number of hydrogen-bond donors (Lipinski definition) is 2. The zero-order valence-electron chi connectivity index (χ0n) is 18.6. The van der Waals surface area contributed by atoms with E-state index in [2.05, 4.69) is 33.4 Å². The van der Waals surface area contributed by atoms with E-state index in [9.17, 15) is 13.2 Å². The number of pyridine rings is 1. The van der Waals surface area contributed by atoms with Crippen LogP contribution < -0.4 is 14.9 Å². The van der Waals surface area contributed by atoms with Gasteiger partial charge in [0.2, 0.25) is 10.0 Å². The lowest BCUT2D eigenvalue weighted by molar-refractivity contribution is -0.144. The van der Waals surface area contributed by atoms with Gasteiger partial charge in [-0.25, -0.2) is 8.42 Å². The molecular weight excluding hydrogens is 428 g/mol. The number of carbonyl (C=O) groups is 1. The lowest BCUT2D eigenvalue weighted by atomic mass is 10.1. The van der Waals surface area contributed by atoms with Crippen LogP contribution in [0.4, 0.5) is 11.4 Å². The molecule has 1 aliphatic rings. The highest BCUT2D eigenvalue weighted by Crippen LogP contribution is 2.34. The predicted molar refractivity (Wildman–Crippen MR) is 125 cm³/mol. The molecule has 32 heavy (non-hydrogen) atoms. The Balaban J connectivity index is 1.72. The van der Waals surface area contributed by atoms with Gasteiger partial charge >= 0.3 is 5.97 Å². The normalized spacial score (nSPS) is 16.4. The molecule has 1 unspecified atom stereocenters. The van der Waals surface area contributed by atoms with Gasteiger partial charge in [-0.1, -0.05) is 38.6 Å². The average Bonchev–Trinajstić information content (AvgIpc) is 3.06. The minimum absolute atomic E-state index is 0.0345.